The SMILES string of the molecule is Cc1c(NC(=O)c2ccc(C(C)(C)C)cc2)cccc1-c1cn(C)c(=O)c(Nc2cccc(NC(=O)C3CCN3)c2)n1. The summed E-state index contributed by atoms with van der Waals surface area (Å²) in [7, 11) is 1.67. The van der Waals surface area contributed by atoms with Gasteiger partial charge in [-0.1, -0.05) is 51.1 Å². The summed E-state index contributed by atoms with van der Waals surface area (Å²) < 4.78 is 1.47. The molecule has 0 bridgehead atoms. The Balaban J connectivity index is 1.37. The van der Waals surface area contributed by atoms with E-state index in [4.69, 9.17) is 0 Å². The number of nitrogens with zero attached hydrogens (tertiary/aromatic N) is 2. The molecule has 5 rings (SSSR count). The Bertz CT molecular complexity index is 1700. The third-order valence-electron chi connectivity index (χ3n) is 7.48. The summed E-state index contributed by atoms with van der Waals surface area (Å²) in [6.45, 7) is 9.16. The predicted molar refractivity (Wildman–Crippen MR) is 168 cm³/mol. The summed E-state index contributed by atoms with van der Waals surface area (Å²) in [5, 5.41) is 12.1. The van der Waals surface area contributed by atoms with Gasteiger partial charge in [0.05, 0.1) is 11.7 Å². The molecule has 42 heavy (non-hydrogen) atoms. The zero-order chi connectivity index (χ0) is 30.0. The van der Waals surface area contributed by atoms with E-state index >= 15 is 0 Å². The fourth-order valence-corrected chi connectivity index (χ4v) is 4.74. The van der Waals surface area contributed by atoms with Gasteiger partial charge in [-0.3, -0.25) is 14.4 Å². The number of nitrogens with one attached hydrogen (secondary N) is 4. The first-order valence-electron chi connectivity index (χ1n) is 14.0. The maximum Gasteiger partial charge on any atom is 0.293 e. The van der Waals surface area contributed by atoms with E-state index in [1.165, 1.54) is 4.57 Å². The Morgan fingerprint density at radius 3 is 2.33 bits per heavy atom. The van der Waals surface area contributed by atoms with E-state index < -0.39 is 0 Å². The van der Waals surface area contributed by atoms with Gasteiger partial charge in [-0.25, -0.2) is 4.98 Å². The first-order chi connectivity index (χ1) is 20.0. The smallest absolute Gasteiger partial charge is 0.293 e. The molecule has 1 atom stereocenters. The van der Waals surface area contributed by atoms with Crippen LogP contribution in [-0.2, 0) is 17.3 Å². The Morgan fingerprint density at radius 2 is 1.67 bits per heavy atom. The zero-order valence-corrected chi connectivity index (χ0v) is 24.5. The molecule has 1 aliphatic heterocycles. The van der Waals surface area contributed by atoms with Crippen LogP contribution in [0.3, 0.4) is 0 Å². The molecule has 9 nitrogen and oxygen atoms in total. The lowest BCUT2D eigenvalue weighted by molar-refractivity contribution is -0.119. The van der Waals surface area contributed by atoms with Crippen LogP contribution in [0.1, 0.15) is 48.7 Å². The Labute approximate surface area is 245 Å². The Morgan fingerprint density at radius 1 is 0.976 bits per heavy atom. The second kappa shape index (κ2) is 11.6. The van der Waals surface area contributed by atoms with E-state index in [1.54, 1.807) is 37.5 Å². The second-order valence-corrected chi connectivity index (χ2v) is 11.6. The van der Waals surface area contributed by atoms with Gasteiger partial charge in [-0.05, 0) is 72.8 Å². The van der Waals surface area contributed by atoms with Gasteiger partial charge in [0.15, 0.2) is 5.82 Å². The van der Waals surface area contributed by atoms with Crippen LogP contribution in [-0.4, -0.2) is 34.0 Å². The van der Waals surface area contributed by atoms with Crippen molar-refractivity contribution in [1.29, 1.82) is 0 Å². The molecule has 1 aliphatic rings. The number of benzene rings is 3. The van der Waals surface area contributed by atoms with Crippen molar-refractivity contribution < 1.29 is 9.59 Å². The van der Waals surface area contributed by atoms with Crippen LogP contribution in [0.5, 0.6) is 0 Å². The minimum atomic E-state index is -0.298. The van der Waals surface area contributed by atoms with Crippen LogP contribution < -0.4 is 26.8 Å². The summed E-state index contributed by atoms with van der Waals surface area (Å²) in [4.78, 5) is 43.1. The van der Waals surface area contributed by atoms with E-state index in [9.17, 15) is 14.4 Å². The van der Waals surface area contributed by atoms with Crippen molar-refractivity contribution in [2.45, 2.75) is 45.6 Å². The number of carbonyl (C=O) groups is 2. The number of anilines is 4. The van der Waals surface area contributed by atoms with Gasteiger partial charge < -0.3 is 25.8 Å². The quantitative estimate of drug-likeness (QED) is 0.240. The number of hydrogen-bond acceptors (Lipinski definition) is 6. The van der Waals surface area contributed by atoms with Crippen LogP contribution in [0.25, 0.3) is 11.3 Å². The number of amides is 2. The van der Waals surface area contributed by atoms with Crippen LogP contribution in [0, 0.1) is 6.92 Å². The van der Waals surface area contributed by atoms with Crippen molar-refractivity contribution in [3.05, 3.63) is 100.0 Å². The average Bonchev–Trinajstić information content (AvgIpc) is 2.91. The lowest BCUT2D eigenvalue weighted by Crippen LogP contribution is -2.50. The molecule has 1 fully saturated rings. The molecule has 3 aromatic carbocycles. The first-order valence-corrected chi connectivity index (χ1v) is 14.0. The highest BCUT2D eigenvalue weighted by atomic mass is 16.2. The van der Waals surface area contributed by atoms with Crippen LogP contribution in [0.2, 0.25) is 0 Å². The highest BCUT2D eigenvalue weighted by Gasteiger charge is 2.24. The third-order valence-corrected chi connectivity index (χ3v) is 7.48. The van der Waals surface area contributed by atoms with Crippen molar-refractivity contribution in [2.75, 3.05) is 22.5 Å². The van der Waals surface area contributed by atoms with Crippen LogP contribution >= 0.6 is 0 Å². The van der Waals surface area contributed by atoms with Crippen LogP contribution in [0.4, 0.5) is 22.9 Å². The van der Waals surface area contributed by atoms with Crippen molar-refractivity contribution in [3.8, 4) is 11.3 Å². The molecule has 2 amide bonds. The molecular formula is C33H36N6O3. The normalized spacial score (nSPS) is 14.5. The van der Waals surface area contributed by atoms with E-state index in [0.717, 1.165) is 29.7 Å². The first kappa shape index (κ1) is 28.8. The maximum absolute atomic E-state index is 13.1. The topological polar surface area (TPSA) is 117 Å². The lowest BCUT2D eigenvalue weighted by atomic mass is 9.86. The molecule has 1 unspecified atom stereocenters. The number of aromatic nitrogens is 2. The molecule has 0 spiro atoms. The van der Waals surface area contributed by atoms with E-state index in [1.807, 2.05) is 49.4 Å². The number of aryl methyl sites for hydroxylation is 1. The van der Waals surface area contributed by atoms with Gasteiger partial charge in [-0.15, -0.1) is 0 Å². The molecule has 9 heteroatoms. The lowest BCUT2D eigenvalue weighted by Gasteiger charge is -2.26. The monoisotopic (exact) mass is 564 g/mol. The van der Waals surface area contributed by atoms with Crippen molar-refractivity contribution in [2.24, 2.45) is 7.05 Å². The Kier molecular flexibility index (Phi) is 7.95. The number of hydrogen-bond donors (Lipinski definition) is 4. The minimum absolute atomic E-state index is 0.00237. The van der Waals surface area contributed by atoms with Gasteiger partial charge in [0.1, 0.15) is 0 Å². The number of carbonyl (C=O) groups excluding carboxylic acids is 2. The van der Waals surface area contributed by atoms with Crippen molar-refractivity contribution >= 4 is 34.7 Å². The molecule has 0 aliphatic carbocycles. The fourth-order valence-electron chi connectivity index (χ4n) is 4.74. The average molecular weight is 565 g/mol. The molecule has 216 valence electrons. The fraction of sp³-hybridized carbons (Fsp3) is 0.273. The van der Waals surface area contributed by atoms with Crippen molar-refractivity contribution in [3.63, 3.8) is 0 Å². The molecular weight excluding hydrogens is 528 g/mol. The molecule has 0 radical (unpaired) electrons. The Hall–Kier alpha value is -4.76. The van der Waals surface area contributed by atoms with E-state index in [0.29, 0.717) is 28.3 Å². The largest absolute Gasteiger partial charge is 0.336 e. The van der Waals surface area contributed by atoms with Gasteiger partial charge in [0.2, 0.25) is 5.91 Å². The highest BCUT2D eigenvalue weighted by Crippen LogP contribution is 2.29. The molecule has 4 aromatic rings. The summed E-state index contributed by atoms with van der Waals surface area (Å²) in [6.07, 6.45) is 2.49. The molecule has 4 N–H and O–H groups in total. The highest BCUT2D eigenvalue weighted by molar-refractivity contribution is 6.05. The van der Waals surface area contributed by atoms with Gasteiger partial charge in [0.25, 0.3) is 11.5 Å². The predicted octanol–water partition coefficient (Wildman–Crippen LogP) is 5.35. The second-order valence-electron chi connectivity index (χ2n) is 11.6. The minimum Gasteiger partial charge on any atom is -0.336 e. The summed E-state index contributed by atoms with van der Waals surface area (Å²) in [5.41, 5.74) is 5.51. The van der Waals surface area contributed by atoms with Crippen LogP contribution in [0.15, 0.2) is 77.7 Å². The zero-order valence-electron chi connectivity index (χ0n) is 24.5. The maximum atomic E-state index is 13.1. The molecule has 2 heterocycles. The van der Waals surface area contributed by atoms with Gasteiger partial charge in [-0.2, -0.15) is 0 Å². The van der Waals surface area contributed by atoms with Gasteiger partial charge >= 0.3 is 0 Å². The summed E-state index contributed by atoms with van der Waals surface area (Å²) >= 11 is 0. The standard InChI is InChI=1S/C33H36N6O3/c1-20-25(10-7-11-26(20)38-30(40)21-12-14-22(15-13-21)33(2,3)4)28-19-39(5)32(42)29(37-28)35-23-8-6-9-24(18-23)36-31(41)27-16-17-34-27/h6-15,18-19,27,34H,16-17H2,1-5H3,(H,35,37)(H,36,41)(H,38,40). The third kappa shape index (κ3) is 6.26. The van der Waals surface area contributed by atoms with E-state index in [2.05, 4.69) is 47.0 Å². The van der Waals surface area contributed by atoms with E-state index in [-0.39, 0.29) is 34.6 Å². The molecule has 0 saturated carbocycles. The number of rotatable bonds is 7. The molecule has 1 aromatic heterocycles. The molecule has 1 saturated heterocycles. The van der Waals surface area contributed by atoms with Crippen molar-refractivity contribution in [1.82, 2.24) is 14.9 Å². The summed E-state index contributed by atoms with van der Waals surface area (Å²) in [5.74, 6) is -0.141. The summed E-state index contributed by atoms with van der Waals surface area (Å²) in [6, 6.07) is 20.2. The van der Waals surface area contributed by atoms with Gasteiger partial charge in [0, 0.05) is 41.4 Å².